The quantitative estimate of drug-likeness (QED) is 0.113. The molecule has 22 heteroatoms. The molecule has 4 aliphatic rings. The van der Waals surface area contributed by atoms with Crippen LogP contribution in [-0.4, -0.2) is 231 Å². The van der Waals surface area contributed by atoms with Crippen LogP contribution in [0.15, 0.2) is 0 Å². The maximum atomic E-state index is 9.94. The monoisotopic (exact) mass is 684 g/mol. The molecule has 22 nitrogen and oxygen atoms in total. The first-order chi connectivity index (χ1) is 21.6. The Bertz CT molecular complexity index is 826. The van der Waals surface area contributed by atoms with Gasteiger partial charge in [-0.3, -0.25) is 0 Å². The standard InChI is InChI=1S/2C12H22O11/c2*13-1-3-5(15)6(16)9(19)12(22-3)23-10-4(2-14)21-11(20)8(18)7(10)17/h2*3-20H,1-2H2/t2*3-,4-,5+,6+,7-,8-,9-,10-,11+,12+/m11/s1. The molecule has 4 fully saturated rings. The Hall–Kier alpha value is -0.880. The number of rotatable bonds is 8. The third-order valence-corrected chi connectivity index (χ3v) is 7.96. The number of hydrogen-bond acceptors (Lipinski definition) is 22. The van der Waals surface area contributed by atoms with Crippen molar-refractivity contribution < 1.29 is 110 Å². The van der Waals surface area contributed by atoms with Crippen LogP contribution in [-0.2, 0) is 28.4 Å². The molecule has 16 N–H and O–H groups in total. The van der Waals surface area contributed by atoms with Crippen molar-refractivity contribution in [3.8, 4) is 0 Å². The first-order valence-corrected chi connectivity index (χ1v) is 14.2. The molecule has 0 aromatic carbocycles. The van der Waals surface area contributed by atoms with E-state index in [9.17, 15) is 71.5 Å². The Labute approximate surface area is 260 Å². The maximum absolute atomic E-state index is 9.94. The average molecular weight is 685 g/mol. The van der Waals surface area contributed by atoms with Crippen LogP contribution in [0.3, 0.4) is 0 Å². The normalized spacial score (nSPS) is 51.7. The van der Waals surface area contributed by atoms with E-state index in [1.54, 1.807) is 0 Å². The fraction of sp³-hybridized carbons (Fsp3) is 1.00. The number of aliphatic hydroxyl groups excluding tert-OH is 16. The van der Waals surface area contributed by atoms with Crippen molar-refractivity contribution in [3.63, 3.8) is 0 Å². The van der Waals surface area contributed by atoms with Crippen LogP contribution in [0.25, 0.3) is 0 Å². The smallest absolute Gasteiger partial charge is 0.187 e. The van der Waals surface area contributed by atoms with Crippen LogP contribution in [0.5, 0.6) is 0 Å². The molecule has 4 saturated heterocycles. The van der Waals surface area contributed by atoms with Crippen LogP contribution < -0.4 is 0 Å². The summed E-state index contributed by atoms with van der Waals surface area (Å²) in [6.07, 6.45) is -31.1. The van der Waals surface area contributed by atoms with E-state index >= 15 is 0 Å². The van der Waals surface area contributed by atoms with Crippen LogP contribution in [0, 0.1) is 0 Å². The van der Waals surface area contributed by atoms with Gasteiger partial charge in [-0.25, -0.2) is 0 Å². The molecule has 0 unspecified atom stereocenters. The van der Waals surface area contributed by atoms with Gasteiger partial charge in [0, 0.05) is 0 Å². The van der Waals surface area contributed by atoms with Gasteiger partial charge in [0.05, 0.1) is 26.4 Å². The molecule has 0 aliphatic carbocycles. The van der Waals surface area contributed by atoms with Crippen molar-refractivity contribution in [2.75, 3.05) is 26.4 Å². The lowest BCUT2D eigenvalue weighted by Gasteiger charge is -2.45. The topological polar surface area (TPSA) is 379 Å². The summed E-state index contributed by atoms with van der Waals surface area (Å²) < 4.78 is 30.5. The third-order valence-electron chi connectivity index (χ3n) is 7.96. The van der Waals surface area contributed by atoms with Crippen LogP contribution >= 0.6 is 0 Å². The van der Waals surface area contributed by atoms with Crippen molar-refractivity contribution in [2.45, 2.75) is 123 Å². The molecule has 4 rings (SSSR count). The highest BCUT2D eigenvalue weighted by molar-refractivity contribution is 4.95. The lowest BCUT2D eigenvalue weighted by Crippen LogP contribution is -2.64. The second kappa shape index (κ2) is 17.2. The van der Waals surface area contributed by atoms with Gasteiger partial charge >= 0.3 is 0 Å². The Morgan fingerprint density at radius 2 is 0.630 bits per heavy atom. The Morgan fingerprint density at radius 3 is 0.913 bits per heavy atom. The van der Waals surface area contributed by atoms with Crippen molar-refractivity contribution in [2.24, 2.45) is 0 Å². The van der Waals surface area contributed by atoms with Crippen molar-refractivity contribution >= 4 is 0 Å². The lowest BCUT2D eigenvalue weighted by atomic mass is 9.97. The minimum absolute atomic E-state index is 0.667. The molecule has 0 bridgehead atoms. The zero-order valence-corrected chi connectivity index (χ0v) is 24.0. The highest BCUT2D eigenvalue weighted by Gasteiger charge is 2.51. The second-order valence-electron chi connectivity index (χ2n) is 11.1. The van der Waals surface area contributed by atoms with Gasteiger partial charge in [0.2, 0.25) is 0 Å². The number of ether oxygens (including phenoxy) is 6. The summed E-state index contributed by atoms with van der Waals surface area (Å²) >= 11 is 0. The fourth-order valence-electron chi connectivity index (χ4n) is 5.14. The van der Waals surface area contributed by atoms with Crippen LogP contribution in [0.4, 0.5) is 0 Å². The molecule has 4 heterocycles. The number of hydrogen-bond donors (Lipinski definition) is 16. The molecule has 272 valence electrons. The van der Waals surface area contributed by atoms with E-state index in [1.807, 2.05) is 0 Å². The zero-order valence-electron chi connectivity index (χ0n) is 24.0. The minimum atomic E-state index is -1.74. The second-order valence-corrected chi connectivity index (χ2v) is 11.1. The molecule has 0 amide bonds. The average Bonchev–Trinajstić information content (AvgIpc) is 3.05. The van der Waals surface area contributed by atoms with Crippen molar-refractivity contribution in [3.05, 3.63) is 0 Å². The number of aliphatic hydroxyl groups is 16. The van der Waals surface area contributed by atoms with Crippen LogP contribution in [0.1, 0.15) is 0 Å². The van der Waals surface area contributed by atoms with Gasteiger partial charge in [0.1, 0.15) is 97.7 Å². The van der Waals surface area contributed by atoms with Gasteiger partial charge in [-0.2, -0.15) is 0 Å². The highest BCUT2D eigenvalue weighted by Crippen LogP contribution is 2.30. The van der Waals surface area contributed by atoms with E-state index in [-0.39, 0.29) is 0 Å². The van der Waals surface area contributed by atoms with Gasteiger partial charge in [-0.1, -0.05) is 0 Å². The molecule has 0 aromatic heterocycles. The van der Waals surface area contributed by atoms with Crippen LogP contribution in [0.2, 0.25) is 0 Å². The highest BCUT2D eigenvalue weighted by atomic mass is 16.7. The van der Waals surface area contributed by atoms with Crippen molar-refractivity contribution in [1.29, 1.82) is 0 Å². The van der Waals surface area contributed by atoms with Gasteiger partial charge < -0.3 is 110 Å². The summed E-state index contributed by atoms with van der Waals surface area (Å²) in [5.41, 5.74) is 0. The summed E-state index contributed by atoms with van der Waals surface area (Å²) in [5.74, 6) is 0. The summed E-state index contributed by atoms with van der Waals surface area (Å²) in [4.78, 5) is 0. The molecule has 46 heavy (non-hydrogen) atoms. The van der Waals surface area contributed by atoms with E-state index in [0.29, 0.717) is 0 Å². The van der Waals surface area contributed by atoms with E-state index in [2.05, 4.69) is 0 Å². The Balaban J connectivity index is 0.000000250. The SMILES string of the molecule is OC[C@H]1O[C@@H](O[C@H]2[C@H](O)[C@@H](O)[C@@H](O)O[C@@H]2CO)[C@H](O)[C@@H](O)[C@H]1O.OC[C@H]1O[C@@H](O[C@H]2[C@H](O)[C@@H](O)[C@@H](O)O[C@@H]2CO)[C@H](O)[C@@H](O)[C@H]1O. The fourth-order valence-corrected chi connectivity index (χ4v) is 5.14. The zero-order chi connectivity index (χ0) is 34.6. The van der Waals surface area contributed by atoms with Crippen molar-refractivity contribution in [1.82, 2.24) is 0 Å². The minimum Gasteiger partial charge on any atom is -0.394 e. The Kier molecular flexibility index (Phi) is 14.8. The Morgan fingerprint density at radius 1 is 0.326 bits per heavy atom. The predicted octanol–water partition coefficient (Wildman–Crippen LogP) is -10.8. The van der Waals surface area contributed by atoms with Gasteiger partial charge in [-0.05, 0) is 0 Å². The van der Waals surface area contributed by atoms with E-state index in [4.69, 9.17) is 38.6 Å². The molecular formula is C24H44O22. The van der Waals surface area contributed by atoms with E-state index in [0.717, 1.165) is 0 Å². The maximum Gasteiger partial charge on any atom is 0.187 e. The summed E-state index contributed by atoms with van der Waals surface area (Å²) in [7, 11) is 0. The molecule has 0 aromatic rings. The van der Waals surface area contributed by atoms with Gasteiger partial charge in [-0.15, -0.1) is 0 Å². The molecule has 4 aliphatic heterocycles. The molecule has 20 atom stereocenters. The largest absolute Gasteiger partial charge is 0.394 e. The molecule has 0 radical (unpaired) electrons. The molecule has 0 spiro atoms. The summed E-state index contributed by atoms with van der Waals surface area (Å²) in [5, 5.41) is 153. The first kappa shape index (κ1) is 39.6. The first-order valence-electron chi connectivity index (χ1n) is 14.2. The lowest BCUT2D eigenvalue weighted by molar-refractivity contribution is -0.355. The molecular weight excluding hydrogens is 640 g/mol. The van der Waals surface area contributed by atoms with Gasteiger partial charge in [0.15, 0.2) is 25.2 Å². The van der Waals surface area contributed by atoms with E-state index < -0.39 is 149 Å². The summed E-state index contributed by atoms with van der Waals surface area (Å²) in [6, 6.07) is 0. The van der Waals surface area contributed by atoms with Gasteiger partial charge in [0.25, 0.3) is 0 Å². The molecule has 0 saturated carbocycles. The van der Waals surface area contributed by atoms with E-state index in [1.165, 1.54) is 0 Å². The summed E-state index contributed by atoms with van der Waals surface area (Å²) in [6.45, 7) is -2.69. The third kappa shape index (κ3) is 8.45. The predicted molar refractivity (Wildman–Crippen MR) is 137 cm³/mol.